The Hall–Kier alpha value is -2.78. The van der Waals surface area contributed by atoms with E-state index in [1.807, 2.05) is 61.6 Å². The van der Waals surface area contributed by atoms with E-state index in [0.717, 1.165) is 23.4 Å². The van der Waals surface area contributed by atoms with Crippen LogP contribution in [0.4, 0.5) is 0 Å². The third-order valence-corrected chi connectivity index (χ3v) is 4.32. The lowest BCUT2D eigenvalue weighted by atomic mass is 10.00. The Balaban J connectivity index is 2.12. The van der Waals surface area contributed by atoms with E-state index in [-0.39, 0.29) is 5.92 Å². The Kier molecular flexibility index (Phi) is 5.92. The number of benzene rings is 1. The first-order chi connectivity index (χ1) is 12.7. The van der Waals surface area contributed by atoms with Crippen LogP contribution in [0.5, 0.6) is 0 Å². The molecule has 1 aromatic carbocycles. The molecule has 0 saturated carbocycles. The average Bonchev–Trinajstić information content (AvgIpc) is 2.72. The molecule has 1 heterocycles. The van der Waals surface area contributed by atoms with Crippen molar-refractivity contribution in [2.24, 2.45) is 0 Å². The smallest absolute Gasteiger partial charge is 0.163 e. The highest BCUT2D eigenvalue weighted by molar-refractivity contribution is 6.31. The molecule has 0 radical (unpaired) electrons. The molecule has 1 aromatic heterocycles. The van der Waals surface area contributed by atoms with Gasteiger partial charge in [-0.1, -0.05) is 85.0 Å². The van der Waals surface area contributed by atoms with Gasteiger partial charge in [-0.05, 0) is 19.4 Å². The van der Waals surface area contributed by atoms with Gasteiger partial charge in [0.1, 0.15) is 5.82 Å². The quantitative estimate of drug-likeness (QED) is 0.627. The second-order valence-electron chi connectivity index (χ2n) is 5.84. The van der Waals surface area contributed by atoms with Gasteiger partial charge in [-0.25, -0.2) is 15.0 Å². The molecule has 1 atom stereocenters. The van der Waals surface area contributed by atoms with Crippen molar-refractivity contribution >= 4 is 17.2 Å². The van der Waals surface area contributed by atoms with Crippen molar-refractivity contribution in [3.05, 3.63) is 96.1 Å². The van der Waals surface area contributed by atoms with Crippen LogP contribution in [0.25, 0.3) is 17.0 Å². The average molecular weight is 362 g/mol. The predicted octanol–water partition coefficient (Wildman–Crippen LogP) is 5.85. The van der Waals surface area contributed by atoms with Crippen LogP contribution in [-0.2, 0) is 0 Å². The fourth-order valence-electron chi connectivity index (χ4n) is 2.66. The molecule has 4 heteroatoms. The molecule has 2 aromatic rings. The van der Waals surface area contributed by atoms with Crippen molar-refractivity contribution < 1.29 is 0 Å². The molecule has 0 saturated heterocycles. The maximum absolute atomic E-state index is 6.14. The van der Waals surface area contributed by atoms with E-state index >= 15 is 0 Å². The van der Waals surface area contributed by atoms with E-state index in [4.69, 9.17) is 21.6 Å². The number of hydrogen-bond acceptors (Lipinski definition) is 3. The Morgan fingerprint density at radius 2 is 1.96 bits per heavy atom. The molecule has 26 heavy (non-hydrogen) atoms. The van der Waals surface area contributed by atoms with E-state index < -0.39 is 0 Å². The van der Waals surface area contributed by atoms with Crippen molar-refractivity contribution in [3.63, 3.8) is 0 Å². The molecule has 0 fully saturated rings. The normalized spacial score (nSPS) is 17.4. The summed E-state index contributed by atoms with van der Waals surface area (Å²) in [6, 6.07) is 9.94. The summed E-state index contributed by atoms with van der Waals surface area (Å²) in [5, 5.41) is 0.543. The van der Waals surface area contributed by atoms with Crippen molar-refractivity contribution in [3.8, 4) is 11.4 Å². The first-order valence-electron chi connectivity index (χ1n) is 8.52. The van der Waals surface area contributed by atoms with E-state index in [9.17, 15) is 0 Å². The molecule has 0 N–H and O–H groups in total. The monoisotopic (exact) mass is 361 g/mol. The fourth-order valence-corrected chi connectivity index (χ4v) is 2.78. The van der Waals surface area contributed by atoms with Gasteiger partial charge in [-0.3, -0.25) is 0 Å². The second kappa shape index (κ2) is 8.54. The van der Waals surface area contributed by atoms with Gasteiger partial charge in [0.25, 0.3) is 0 Å². The molecular formula is C22H20ClN3. The molecule has 0 aliphatic heterocycles. The minimum Gasteiger partial charge on any atom is -0.212 e. The van der Waals surface area contributed by atoms with Crippen LogP contribution in [0.15, 0.2) is 84.5 Å². The molecule has 1 unspecified atom stereocenters. The summed E-state index contributed by atoms with van der Waals surface area (Å²) in [4.78, 5) is 14.1. The van der Waals surface area contributed by atoms with Gasteiger partial charge in [0.05, 0.1) is 0 Å². The summed E-state index contributed by atoms with van der Waals surface area (Å²) in [7, 11) is 0. The largest absolute Gasteiger partial charge is 0.212 e. The predicted molar refractivity (Wildman–Crippen MR) is 109 cm³/mol. The van der Waals surface area contributed by atoms with Gasteiger partial charge in [-0.2, -0.15) is 0 Å². The minimum atomic E-state index is 0.140. The third-order valence-electron chi connectivity index (χ3n) is 4.05. The van der Waals surface area contributed by atoms with Crippen molar-refractivity contribution in [1.82, 2.24) is 15.0 Å². The van der Waals surface area contributed by atoms with Crippen LogP contribution >= 0.6 is 11.6 Å². The van der Waals surface area contributed by atoms with Crippen molar-refractivity contribution in [2.45, 2.75) is 19.3 Å². The van der Waals surface area contributed by atoms with E-state index in [0.29, 0.717) is 16.7 Å². The van der Waals surface area contributed by atoms with E-state index in [2.05, 4.69) is 23.7 Å². The Bertz CT molecular complexity index is 908. The van der Waals surface area contributed by atoms with Crippen LogP contribution in [0.2, 0.25) is 0 Å². The van der Waals surface area contributed by atoms with E-state index in [1.165, 1.54) is 0 Å². The minimum absolute atomic E-state index is 0.140. The zero-order valence-corrected chi connectivity index (χ0v) is 15.4. The van der Waals surface area contributed by atoms with Crippen LogP contribution in [-0.4, -0.2) is 15.0 Å². The Morgan fingerprint density at radius 3 is 2.62 bits per heavy atom. The van der Waals surface area contributed by atoms with Crippen LogP contribution in [0.3, 0.4) is 0 Å². The molecule has 0 spiro atoms. The van der Waals surface area contributed by atoms with Crippen LogP contribution in [0, 0.1) is 0 Å². The van der Waals surface area contributed by atoms with Gasteiger partial charge in [0, 0.05) is 22.1 Å². The summed E-state index contributed by atoms with van der Waals surface area (Å²) in [5.41, 5.74) is 1.80. The van der Waals surface area contributed by atoms with E-state index in [1.54, 1.807) is 6.08 Å². The Morgan fingerprint density at radius 1 is 1.15 bits per heavy atom. The zero-order valence-electron chi connectivity index (χ0n) is 14.6. The summed E-state index contributed by atoms with van der Waals surface area (Å²) in [6.45, 7) is 5.64. The van der Waals surface area contributed by atoms with Crippen LogP contribution in [0.1, 0.15) is 30.9 Å². The maximum Gasteiger partial charge on any atom is 0.163 e. The fraction of sp³-hybridized carbons (Fsp3) is 0.136. The standard InChI is InChI=1S/C22H20ClN3/c1-3-16(15-19(23)4-2)20-24-21(17-11-7-5-8-12-17)26-22(25-20)18-13-9-6-10-14-18/h3-13,15,18H,2,14H2,1H3. The van der Waals surface area contributed by atoms with Crippen LogP contribution < -0.4 is 0 Å². The highest BCUT2D eigenvalue weighted by atomic mass is 35.5. The van der Waals surface area contributed by atoms with Gasteiger partial charge in [0.15, 0.2) is 11.6 Å². The van der Waals surface area contributed by atoms with Gasteiger partial charge < -0.3 is 0 Å². The number of nitrogens with zero attached hydrogens (tertiary/aromatic N) is 3. The maximum atomic E-state index is 6.14. The lowest BCUT2D eigenvalue weighted by molar-refractivity contribution is 0.757. The Labute approximate surface area is 159 Å². The van der Waals surface area contributed by atoms with Crippen molar-refractivity contribution in [1.29, 1.82) is 0 Å². The van der Waals surface area contributed by atoms with Gasteiger partial charge in [-0.15, -0.1) is 0 Å². The molecule has 1 aliphatic carbocycles. The number of halogens is 1. The summed E-state index contributed by atoms with van der Waals surface area (Å²) in [6.07, 6.45) is 14.6. The van der Waals surface area contributed by atoms with Crippen molar-refractivity contribution in [2.75, 3.05) is 0 Å². The summed E-state index contributed by atoms with van der Waals surface area (Å²) >= 11 is 6.14. The second-order valence-corrected chi connectivity index (χ2v) is 6.28. The lowest BCUT2D eigenvalue weighted by Crippen LogP contribution is -2.09. The number of aromatic nitrogens is 3. The summed E-state index contributed by atoms with van der Waals surface area (Å²) < 4.78 is 0. The van der Waals surface area contributed by atoms with Gasteiger partial charge >= 0.3 is 0 Å². The lowest BCUT2D eigenvalue weighted by Gasteiger charge is -2.14. The molecule has 0 bridgehead atoms. The summed E-state index contributed by atoms with van der Waals surface area (Å²) in [5.74, 6) is 2.17. The highest BCUT2D eigenvalue weighted by Gasteiger charge is 2.17. The van der Waals surface area contributed by atoms with Gasteiger partial charge in [0.2, 0.25) is 0 Å². The zero-order chi connectivity index (χ0) is 18.4. The topological polar surface area (TPSA) is 38.7 Å². The number of allylic oxidation sites excluding steroid dienone is 9. The SMILES string of the molecule is C=CC(Cl)=CC(=CC)c1nc(-c2ccccc2)nc(C2C=CC=CC2)n1. The molecule has 0 amide bonds. The first kappa shape index (κ1) is 18.0. The third kappa shape index (κ3) is 4.24. The highest BCUT2D eigenvalue weighted by Crippen LogP contribution is 2.26. The molecular weight excluding hydrogens is 342 g/mol. The molecule has 3 rings (SSSR count). The number of hydrogen-bond donors (Lipinski definition) is 0. The number of rotatable bonds is 5. The molecule has 1 aliphatic rings. The first-order valence-corrected chi connectivity index (χ1v) is 8.90. The molecule has 3 nitrogen and oxygen atoms in total. The molecule has 130 valence electrons.